The van der Waals surface area contributed by atoms with Crippen LogP contribution < -0.4 is 0 Å². The largest absolute Gasteiger partial charge is 0.356 e. The molecule has 0 radical (unpaired) electrons. The lowest BCUT2D eigenvalue weighted by Gasteiger charge is -2.36. The van der Waals surface area contributed by atoms with Crippen LogP contribution in [0.15, 0.2) is 28.8 Å². The van der Waals surface area contributed by atoms with Gasteiger partial charge in [0.2, 0.25) is 15.9 Å². The van der Waals surface area contributed by atoms with Crippen LogP contribution >= 0.6 is 0 Å². The SMILES string of the molecule is O=C1CCCN1C1CCN(S(=O)(=O)Cc2noc3ccccc23)CC1. The van der Waals surface area contributed by atoms with Crippen molar-refractivity contribution < 1.29 is 17.7 Å². The predicted molar refractivity (Wildman–Crippen MR) is 92.2 cm³/mol. The van der Waals surface area contributed by atoms with E-state index in [4.69, 9.17) is 4.52 Å². The Morgan fingerprint density at radius 2 is 1.92 bits per heavy atom. The molecule has 25 heavy (non-hydrogen) atoms. The minimum absolute atomic E-state index is 0.155. The molecule has 2 fully saturated rings. The fraction of sp³-hybridized carbons (Fsp3) is 0.529. The molecule has 2 aliphatic rings. The molecule has 4 rings (SSSR count). The van der Waals surface area contributed by atoms with Gasteiger partial charge in [0.1, 0.15) is 11.4 Å². The molecule has 0 atom stereocenters. The number of amides is 1. The molecule has 1 aromatic carbocycles. The zero-order valence-electron chi connectivity index (χ0n) is 13.9. The standard InChI is InChI=1S/C17H21N3O4S/c21-17-6-3-9-20(17)13-7-10-19(11-8-13)25(22,23)12-15-14-4-1-2-5-16(14)24-18-15/h1-2,4-5,13H,3,6-12H2. The Morgan fingerprint density at radius 1 is 1.16 bits per heavy atom. The summed E-state index contributed by atoms with van der Waals surface area (Å²) in [5.41, 5.74) is 1.05. The van der Waals surface area contributed by atoms with E-state index < -0.39 is 10.0 Å². The number of benzene rings is 1. The maximum absolute atomic E-state index is 12.8. The van der Waals surface area contributed by atoms with Crippen LogP contribution in [0.5, 0.6) is 0 Å². The summed E-state index contributed by atoms with van der Waals surface area (Å²) in [5.74, 6) is 0.0486. The van der Waals surface area contributed by atoms with Gasteiger partial charge in [-0.3, -0.25) is 4.79 Å². The van der Waals surface area contributed by atoms with Gasteiger partial charge in [-0.05, 0) is 31.4 Å². The third-order valence-electron chi connectivity index (χ3n) is 5.14. The van der Waals surface area contributed by atoms with Crippen molar-refractivity contribution in [3.8, 4) is 0 Å². The van der Waals surface area contributed by atoms with Crippen LogP contribution in [0.2, 0.25) is 0 Å². The van der Waals surface area contributed by atoms with E-state index in [1.165, 1.54) is 4.31 Å². The van der Waals surface area contributed by atoms with Crippen LogP contribution in [-0.4, -0.2) is 54.4 Å². The number of aromatic nitrogens is 1. The molecule has 0 unspecified atom stereocenters. The molecular weight excluding hydrogens is 342 g/mol. The predicted octanol–water partition coefficient (Wildman–Crippen LogP) is 1.74. The van der Waals surface area contributed by atoms with Crippen molar-refractivity contribution >= 4 is 26.9 Å². The van der Waals surface area contributed by atoms with Crippen molar-refractivity contribution in [2.24, 2.45) is 0 Å². The summed E-state index contributed by atoms with van der Waals surface area (Å²) in [6.07, 6.45) is 2.93. The van der Waals surface area contributed by atoms with Gasteiger partial charge in [-0.2, -0.15) is 0 Å². The lowest BCUT2D eigenvalue weighted by Crippen LogP contribution is -2.47. The van der Waals surface area contributed by atoms with Crippen LogP contribution in [0.25, 0.3) is 11.0 Å². The number of likely N-dealkylation sites (tertiary alicyclic amines) is 1. The molecule has 1 aromatic heterocycles. The van der Waals surface area contributed by atoms with Crippen molar-refractivity contribution in [3.05, 3.63) is 30.0 Å². The molecule has 0 saturated carbocycles. The maximum atomic E-state index is 12.8. The third kappa shape index (κ3) is 3.16. The van der Waals surface area contributed by atoms with Gasteiger partial charge in [-0.1, -0.05) is 17.3 Å². The number of para-hydroxylation sites is 1. The van der Waals surface area contributed by atoms with Crippen LogP contribution in [0.1, 0.15) is 31.4 Å². The number of fused-ring (bicyclic) bond motifs is 1. The molecule has 134 valence electrons. The highest BCUT2D eigenvalue weighted by molar-refractivity contribution is 7.88. The van der Waals surface area contributed by atoms with Crippen molar-refractivity contribution in [1.82, 2.24) is 14.4 Å². The number of hydrogen-bond acceptors (Lipinski definition) is 5. The summed E-state index contributed by atoms with van der Waals surface area (Å²) in [6.45, 7) is 1.71. The minimum atomic E-state index is -3.45. The lowest BCUT2D eigenvalue weighted by atomic mass is 10.1. The van der Waals surface area contributed by atoms with E-state index in [2.05, 4.69) is 5.16 Å². The first kappa shape index (κ1) is 16.5. The zero-order valence-corrected chi connectivity index (χ0v) is 14.7. The first-order valence-corrected chi connectivity index (χ1v) is 10.3. The highest BCUT2D eigenvalue weighted by Crippen LogP contribution is 2.26. The molecule has 2 aromatic rings. The summed E-state index contributed by atoms with van der Waals surface area (Å²) in [6, 6.07) is 7.44. The maximum Gasteiger partial charge on any atom is 0.222 e. The number of sulfonamides is 1. The van der Waals surface area contributed by atoms with E-state index in [1.54, 1.807) is 6.07 Å². The number of rotatable bonds is 4. The van der Waals surface area contributed by atoms with E-state index in [-0.39, 0.29) is 17.7 Å². The van der Waals surface area contributed by atoms with Gasteiger partial charge in [-0.25, -0.2) is 12.7 Å². The average Bonchev–Trinajstić information content (AvgIpc) is 3.21. The van der Waals surface area contributed by atoms with E-state index in [0.717, 1.165) is 18.4 Å². The Hall–Kier alpha value is -1.93. The number of hydrogen-bond donors (Lipinski definition) is 0. The monoisotopic (exact) mass is 363 g/mol. The van der Waals surface area contributed by atoms with Gasteiger partial charge in [0, 0.05) is 37.5 Å². The van der Waals surface area contributed by atoms with E-state index in [0.29, 0.717) is 43.6 Å². The van der Waals surface area contributed by atoms with Crippen molar-refractivity contribution in [3.63, 3.8) is 0 Å². The molecular formula is C17H21N3O4S. The first-order chi connectivity index (χ1) is 12.0. The first-order valence-electron chi connectivity index (χ1n) is 8.65. The fourth-order valence-electron chi connectivity index (χ4n) is 3.79. The second kappa shape index (κ2) is 6.42. The van der Waals surface area contributed by atoms with Gasteiger partial charge in [0.25, 0.3) is 0 Å². The third-order valence-corrected chi connectivity index (χ3v) is 6.93. The van der Waals surface area contributed by atoms with Crippen molar-refractivity contribution in [1.29, 1.82) is 0 Å². The molecule has 2 saturated heterocycles. The van der Waals surface area contributed by atoms with Crippen molar-refractivity contribution in [2.75, 3.05) is 19.6 Å². The summed E-state index contributed by atoms with van der Waals surface area (Å²) >= 11 is 0. The second-order valence-electron chi connectivity index (χ2n) is 6.70. The normalized spacial score (nSPS) is 20.6. The molecule has 0 aliphatic carbocycles. The Bertz CT molecular complexity index is 884. The van der Waals surface area contributed by atoms with Crippen molar-refractivity contribution in [2.45, 2.75) is 37.5 Å². The zero-order chi connectivity index (χ0) is 17.4. The molecule has 0 N–H and O–H groups in total. The topological polar surface area (TPSA) is 83.7 Å². The average molecular weight is 363 g/mol. The number of carbonyl (C=O) groups is 1. The number of nitrogens with zero attached hydrogens (tertiary/aromatic N) is 3. The van der Waals surface area contributed by atoms with E-state index >= 15 is 0 Å². The lowest BCUT2D eigenvalue weighted by molar-refractivity contribution is -0.130. The highest BCUT2D eigenvalue weighted by Gasteiger charge is 2.34. The van der Waals surface area contributed by atoms with Gasteiger partial charge < -0.3 is 9.42 Å². The molecule has 7 nitrogen and oxygen atoms in total. The highest BCUT2D eigenvalue weighted by atomic mass is 32.2. The Labute approximate surface area is 146 Å². The van der Waals surface area contributed by atoms with E-state index in [1.807, 2.05) is 23.1 Å². The summed E-state index contributed by atoms with van der Waals surface area (Å²) in [5, 5.41) is 4.67. The van der Waals surface area contributed by atoms with Crippen LogP contribution in [0, 0.1) is 0 Å². The van der Waals surface area contributed by atoms with E-state index in [9.17, 15) is 13.2 Å². The summed E-state index contributed by atoms with van der Waals surface area (Å²) in [7, 11) is -3.45. The molecule has 3 heterocycles. The Morgan fingerprint density at radius 3 is 2.64 bits per heavy atom. The smallest absolute Gasteiger partial charge is 0.222 e. The minimum Gasteiger partial charge on any atom is -0.356 e. The molecule has 8 heteroatoms. The number of piperidine rings is 1. The summed E-state index contributed by atoms with van der Waals surface area (Å²) in [4.78, 5) is 13.8. The molecule has 0 bridgehead atoms. The second-order valence-corrected chi connectivity index (χ2v) is 8.67. The Kier molecular flexibility index (Phi) is 4.24. The van der Waals surface area contributed by atoms with Gasteiger partial charge in [0.05, 0.1) is 0 Å². The van der Waals surface area contributed by atoms with Crippen LogP contribution in [0.3, 0.4) is 0 Å². The number of carbonyl (C=O) groups excluding carboxylic acids is 1. The van der Waals surface area contributed by atoms with Gasteiger partial charge >= 0.3 is 0 Å². The molecule has 1 amide bonds. The van der Waals surface area contributed by atoms with Gasteiger partial charge in [-0.15, -0.1) is 0 Å². The Balaban J connectivity index is 1.44. The van der Waals surface area contributed by atoms with Crippen LogP contribution in [-0.2, 0) is 20.6 Å². The summed E-state index contributed by atoms with van der Waals surface area (Å²) < 4.78 is 32.2. The molecule has 0 spiro atoms. The molecule has 2 aliphatic heterocycles. The van der Waals surface area contributed by atoms with Crippen LogP contribution in [0.4, 0.5) is 0 Å². The fourth-order valence-corrected chi connectivity index (χ4v) is 5.30. The quantitative estimate of drug-likeness (QED) is 0.826. The van der Waals surface area contributed by atoms with Gasteiger partial charge in [0.15, 0.2) is 5.58 Å².